The number of hydrogen-bond donors (Lipinski definition) is 1. The van der Waals surface area contributed by atoms with Crippen LogP contribution in [-0.2, 0) is 11.2 Å². The molecule has 0 aromatic heterocycles. The average molecular weight is 295 g/mol. The van der Waals surface area contributed by atoms with Gasteiger partial charge in [0.05, 0.1) is 10.3 Å². The molecule has 5 nitrogen and oxygen atoms in total. The van der Waals surface area contributed by atoms with Gasteiger partial charge in [0.25, 0.3) is 0 Å². The molecule has 0 radical (unpaired) electrons. The minimum Gasteiger partial charge on any atom is -0.481 e. The zero-order valence-corrected chi connectivity index (χ0v) is 11.8. The van der Waals surface area contributed by atoms with Gasteiger partial charge in [-0.05, 0) is 30.7 Å². The first kappa shape index (κ1) is 15.4. The van der Waals surface area contributed by atoms with Crippen LogP contribution in [0.2, 0.25) is 0 Å². The topological polar surface area (TPSA) is 80.4 Å². The molecule has 0 bridgehead atoms. The van der Waals surface area contributed by atoms with Gasteiger partial charge in [-0.1, -0.05) is 31.9 Å². The van der Waals surface area contributed by atoms with Gasteiger partial charge < -0.3 is 5.11 Å². The van der Waals surface area contributed by atoms with E-state index in [4.69, 9.17) is 0 Å². The highest BCUT2D eigenvalue weighted by Gasteiger charge is 2.42. The third kappa shape index (κ3) is 3.04. The van der Waals surface area contributed by atoms with Crippen LogP contribution in [-0.4, -0.2) is 16.0 Å². The van der Waals surface area contributed by atoms with Crippen LogP contribution in [0.5, 0.6) is 0 Å². The summed E-state index contributed by atoms with van der Waals surface area (Å²) < 4.78 is 14.2. The summed E-state index contributed by atoms with van der Waals surface area (Å²) in [5.74, 6) is -1.60. The van der Waals surface area contributed by atoms with Gasteiger partial charge in [0.1, 0.15) is 0 Å². The van der Waals surface area contributed by atoms with E-state index in [1.807, 2.05) is 6.92 Å². The van der Waals surface area contributed by atoms with Crippen molar-refractivity contribution in [2.75, 3.05) is 0 Å². The highest BCUT2D eigenvalue weighted by Crippen LogP contribution is 2.43. The third-order valence-electron chi connectivity index (χ3n) is 4.33. The standard InChI is InChI=1S/C15H18FNO4/c1-10-4-3-7-15(8-10,14(18)19)9-11-5-2-6-12(13(11)16)17(20)21/h2,5-6,10H,3-4,7-9H2,1H3,(H,18,19). The van der Waals surface area contributed by atoms with Gasteiger partial charge in [0, 0.05) is 6.07 Å². The van der Waals surface area contributed by atoms with Crippen LogP contribution in [0.1, 0.15) is 38.2 Å². The lowest BCUT2D eigenvalue weighted by Crippen LogP contribution is -2.38. The van der Waals surface area contributed by atoms with E-state index in [1.165, 1.54) is 12.1 Å². The second-order valence-electron chi connectivity index (χ2n) is 5.97. The molecule has 1 fully saturated rings. The second kappa shape index (κ2) is 5.79. The zero-order valence-electron chi connectivity index (χ0n) is 11.8. The lowest BCUT2D eigenvalue weighted by atomic mass is 9.67. The van der Waals surface area contributed by atoms with Crippen LogP contribution in [0.25, 0.3) is 0 Å². The molecule has 0 saturated heterocycles. The van der Waals surface area contributed by atoms with E-state index >= 15 is 0 Å². The van der Waals surface area contributed by atoms with Gasteiger partial charge >= 0.3 is 11.7 Å². The van der Waals surface area contributed by atoms with E-state index in [0.29, 0.717) is 12.8 Å². The molecule has 6 heteroatoms. The van der Waals surface area contributed by atoms with Crippen molar-refractivity contribution in [1.29, 1.82) is 0 Å². The maximum atomic E-state index is 14.2. The summed E-state index contributed by atoms with van der Waals surface area (Å²) in [5, 5.41) is 20.4. The average Bonchev–Trinajstić information content (AvgIpc) is 2.40. The van der Waals surface area contributed by atoms with E-state index < -0.39 is 27.8 Å². The maximum Gasteiger partial charge on any atom is 0.309 e. The van der Waals surface area contributed by atoms with Crippen molar-refractivity contribution >= 4 is 11.7 Å². The predicted molar refractivity (Wildman–Crippen MR) is 74.5 cm³/mol. The summed E-state index contributed by atoms with van der Waals surface area (Å²) in [7, 11) is 0. The number of benzene rings is 1. The Kier molecular flexibility index (Phi) is 4.25. The Morgan fingerprint density at radius 1 is 1.57 bits per heavy atom. The normalized spacial score (nSPS) is 25.5. The van der Waals surface area contributed by atoms with E-state index in [0.717, 1.165) is 18.9 Å². The molecule has 2 atom stereocenters. The number of carboxylic acids is 1. The van der Waals surface area contributed by atoms with Crippen molar-refractivity contribution in [3.05, 3.63) is 39.7 Å². The van der Waals surface area contributed by atoms with Gasteiger partial charge in [-0.15, -0.1) is 0 Å². The molecule has 2 rings (SSSR count). The Labute approximate surface area is 121 Å². The minimum atomic E-state index is -1.02. The number of halogens is 1. The van der Waals surface area contributed by atoms with Crippen molar-refractivity contribution in [2.45, 2.75) is 39.0 Å². The summed E-state index contributed by atoms with van der Waals surface area (Å²) in [5.41, 5.74) is -1.51. The van der Waals surface area contributed by atoms with E-state index in [1.54, 1.807) is 0 Å². The summed E-state index contributed by atoms with van der Waals surface area (Å²) in [4.78, 5) is 21.7. The fourth-order valence-electron chi connectivity index (χ4n) is 3.30. The van der Waals surface area contributed by atoms with Gasteiger partial charge in [0.15, 0.2) is 0 Å². The number of nitro groups is 1. The maximum absolute atomic E-state index is 14.2. The monoisotopic (exact) mass is 295 g/mol. The number of carbonyl (C=O) groups is 1. The van der Waals surface area contributed by atoms with Gasteiger partial charge in [-0.3, -0.25) is 14.9 Å². The SMILES string of the molecule is CC1CCCC(Cc2cccc([N+](=O)[O-])c2F)(C(=O)O)C1. The molecule has 114 valence electrons. The molecule has 1 saturated carbocycles. The van der Waals surface area contributed by atoms with E-state index in [-0.39, 0.29) is 17.9 Å². The van der Waals surface area contributed by atoms with Crippen molar-refractivity contribution in [1.82, 2.24) is 0 Å². The summed E-state index contributed by atoms with van der Waals surface area (Å²) in [6.07, 6.45) is 2.70. The fraction of sp³-hybridized carbons (Fsp3) is 0.533. The first-order valence-electron chi connectivity index (χ1n) is 7.01. The van der Waals surface area contributed by atoms with Crippen LogP contribution in [0.15, 0.2) is 18.2 Å². The van der Waals surface area contributed by atoms with Crippen LogP contribution in [0.3, 0.4) is 0 Å². The zero-order chi connectivity index (χ0) is 15.6. The molecule has 21 heavy (non-hydrogen) atoms. The molecule has 0 aliphatic heterocycles. The summed E-state index contributed by atoms with van der Waals surface area (Å²) >= 11 is 0. The Morgan fingerprint density at radius 2 is 2.29 bits per heavy atom. The second-order valence-corrected chi connectivity index (χ2v) is 5.97. The van der Waals surface area contributed by atoms with Crippen molar-refractivity contribution in [3.63, 3.8) is 0 Å². The molecule has 1 aliphatic rings. The van der Waals surface area contributed by atoms with Crippen LogP contribution < -0.4 is 0 Å². The Hall–Kier alpha value is -1.98. The number of nitrogens with zero attached hydrogens (tertiary/aromatic N) is 1. The molecule has 0 amide bonds. The highest BCUT2D eigenvalue weighted by molar-refractivity contribution is 5.75. The molecular weight excluding hydrogens is 277 g/mol. The number of hydrogen-bond acceptors (Lipinski definition) is 3. The summed E-state index contributed by atoms with van der Waals surface area (Å²) in [6.45, 7) is 1.99. The van der Waals surface area contributed by atoms with Crippen LogP contribution in [0.4, 0.5) is 10.1 Å². The minimum absolute atomic E-state index is 0.000185. The first-order chi connectivity index (χ1) is 9.85. The molecular formula is C15H18FNO4. The number of aliphatic carboxylic acids is 1. The van der Waals surface area contributed by atoms with Crippen LogP contribution >= 0.6 is 0 Å². The molecule has 1 aliphatic carbocycles. The molecule has 1 aromatic rings. The summed E-state index contributed by atoms with van der Waals surface area (Å²) in [6, 6.07) is 3.93. The Morgan fingerprint density at radius 3 is 2.86 bits per heavy atom. The molecule has 0 heterocycles. The predicted octanol–water partition coefficient (Wildman–Crippen LogP) is 3.56. The van der Waals surface area contributed by atoms with Gasteiger partial charge in [0.2, 0.25) is 5.82 Å². The van der Waals surface area contributed by atoms with Crippen molar-refractivity contribution in [2.24, 2.45) is 11.3 Å². The quantitative estimate of drug-likeness (QED) is 0.680. The number of rotatable bonds is 4. The largest absolute Gasteiger partial charge is 0.481 e. The Bertz CT molecular complexity index is 575. The molecule has 0 spiro atoms. The van der Waals surface area contributed by atoms with E-state index in [9.17, 15) is 24.4 Å². The highest BCUT2D eigenvalue weighted by atomic mass is 19.1. The molecule has 2 unspecified atom stereocenters. The molecule has 1 N–H and O–H groups in total. The molecule has 1 aromatic carbocycles. The number of nitro benzene ring substituents is 1. The van der Waals surface area contributed by atoms with E-state index in [2.05, 4.69) is 0 Å². The van der Waals surface area contributed by atoms with Crippen LogP contribution in [0, 0.1) is 27.3 Å². The first-order valence-corrected chi connectivity index (χ1v) is 7.01. The fourth-order valence-corrected chi connectivity index (χ4v) is 3.30. The lowest BCUT2D eigenvalue weighted by Gasteiger charge is -2.36. The van der Waals surface area contributed by atoms with Crippen molar-refractivity contribution < 1.29 is 19.2 Å². The third-order valence-corrected chi connectivity index (χ3v) is 4.33. The smallest absolute Gasteiger partial charge is 0.309 e. The Balaban J connectivity index is 2.36. The number of carboxylic acid groups (broad SMARTS) is 1. The lowest BCUT2D eigenvalue weighted by molar-refractivity contribution is -0.387. The van der Waals surface area contributed by atoms with Gasteiger partial charge in [-0.25, -0.2) is 0 Å². The van der Waals surface area contributed by atoms with Crippen molar-refractivity contribution in [3.8, 4) is 0 Å². The van der Waals surface area contributed by atoms with Gasteiger partial charge in [-0.2, -0.15) is 4.39 Å².